The Morgan fingerprint density at radius 2 is 2.33 bits per heavy atom. The molecule has 1 atom stereocenters. The molecule has 1 aliphatic heterocycles. The van der Waals surface area contributed by atoms with Gasteiger partial charge in [0.25, 0.3) is 0 Å². The van der Waals surface area contributed by atoms with E-state index in [1.54, 1.807) is 6.92 Å². The molecule has 1 heterocycles. The average molecular weight is 215 g/mol. The first-order valence-electron chi connectivity index (χ1n) is 5.25. The average Bonchev–Trinajstić information content (AvgIpc) is 2.27. The fourth-order valence-electron chi connectivity index (χ4n) is 1.46. The van der Waals surface area contributed by atoms with Crippen molar-refractivity contribution in [1.82, 2.24) is 5.32 Å². The lowest BCUT2D eigenvalue weighted by Gasteiger charge is -2.20. The summed E-state index contributed by atoms with van der Waals surface area (Å²) in [6.45, 7) is 3.19. The number of ether oxygens (including phenoxy) is 2. The molecule has 1 amide bonds. The van der Waals surface area contributed by atoms with Gasteiger partial charge in [0.2, 0.25) is 5.91 Å². The fraction of sp³-hybridized carbons (Fsp3) is 0.800. The fourth-order valence-corrected chi connectivity index (χ4v) is 1.46. The van der Waals surface area contributed by atoms with Gasteiger partial charge in [-0.25, -0.2) is 0 Å². The molecular formula is C10H17NO4. The van der Waals surface area contributed by atoms with E-state index in [9.17, 15) is 9.59 Å². The van der Waals surface area contributed by atoms with E-state index in [-0.39, 0.29) is 18.4 Å². The molecule has 0 aliphatic carbocycles. The van der Waals surface area contributed by atoms with Gasteiger partial charge >= 0.3 is 5.97 Å². The molecule has 86 valence electrons. The summed E-state index contributed by atoms with van der Waals surface area (Å²) in [6.07, 6.45) is 1.73. The highest BCUT2D eigenvalue weighted by atomic mass is 16.5. The zero-order valence-electron chi connectivity index (χ0n) is 8.95. The minimum Gasteiger partial charge on any atom is -0.465 e. The van der Waals surface area contributed by atoms with Crippen LogP contribution >= 0.6 is 0 Å². The van der Waals surface area contributed by atoms with Crippen molar-refractivity contribution >= 4 is 11.9 Å². The maximum Gasteiger partial charge on any atom is 0.325 e. The molecular weight excluding hydrogens is 198 g/mol. The van der Waals surface area contributed by atoms with Crippen LogP contribution in [-0.4, -0.2) is 38.2 Å². The van der Waals surface area contributed by atoms with Crippen molar-refractivity contribution in [1.29, 1.82) is 0 Å². The van der Waals surface area contributed by atoms with Crippen LogP contribution in [0.3, 0.4) is 0 Å². The number of carbonyl (C=O) groups is 2. The second kappa shape index (κ2) is 6.40. The lowest BCUT2D eigenvalue weighted by atomic mass is 10.0. The Bertz CT molecular complexity index is 223. The first-order valence-corrected chi connectivity index (χ1v) is 5.25. The zero-order chi connectivity index (χ0) is 11.1. The first-order chi connectivity index (χ1) is 7.24. The van der Waals surface area contributed by atoms with Gasteiger partial charge in [0.05, 0.1) is 19.1 Å². The summed E-state index contributed by atoms with van der Waals surface area (Å²) in [6, 6.07) is 0. The summed E-state index contributed by atoms with van der Waals surface area (Å²) in [5.41, 5.74) is 0. The molecule has 0 aromatic heterocycles. The molecule has 0 radical (unpaired) electrons. The van der Waals surface area contributed by atoms with Gasteiger partial charge < -0.3 is 14.8 Å². The Labute approximate surface area is 89.1 Å². The SMILES string of the molecule is CCOC(=O)CNC(=O)C1CCCOC1. The molecule has 5 nitrogen and oxygen atoms in total. The van der Waals surface area contributed by atoms with Crippen LogP contribution in [0.4, 0.5) is 0 Å². The lowest BCUT2D eigenvalue weighted by molar-refractivity contribution is -0.144. The van der Waals surface area contributed by atoms with Gasteiger partial charge in [0.1, 0.15) is 6.54 Å². The molecule has 1 rings (SSSR count). The summed E-state index contributed by atoms with van der Waals surface area (Å²) in [4.78, 5) is 22.5. The highest BCUT2D eigenvalue weighted by molar-refractivity contribution is 5.83. The monoisotopic (exact) mass is 215 g/mol. The third kappa shape index (κ3) is 4.29. The van der Waals surface area contributed by atoms with Crippen LogP contribution in [0.2, 0.25) is 0 Å². The second-order valence-corrected chi connectivity index (χ2v) is 3.44. The van der Waals surface area contributed by atoms with Crippen molar-refractivity contribution in [3.63, 3.8) is 0 Å². The number of amides is 1. The van der Waals surface area contributed by atoms with Crippen molar-refractivity contribution in [3.05, 3.63) is 0 Å². The lowest BCUT2D eigenvalue weighted by Crippen LogP contribution is -2.38. The van der Waals surface area contributed by atoms with E-state index >= 15 is 0 Å². The highest BCUT2D eigenvalue weighted by Crippen LogP contribution is 2.12. The van der Waals surface area contributed by atoms with Crippen LogP contribution in [0.25, 0.3) is 0 Å². The summed E-state index contributed by atoms with van der Waals surface area (Å²) >= 11 is 0. The van der Waals surface area contributed by atoms with E-state index in [1.165, 1.54) is 0 Å². The molecule has 1 saturated heterocycles. The zero-order valence-corrected chi connectivity index (χ0v) is 8.95. The number of rotatable bonds is 4. The highest BCUT2D eigenvalue weighted by Gasteiger charge is 2.21. The van der Waals surface area contributed by atoms with Gasteiger partial charge in [-0.05, 0) is 19.8 Å². The van der Waals surface area contributed by atoms with Gasteiger partial charge in [-0.2, -0.15) is 0 Å². The number of hydrogen-bond acceptors (Lipinski definition) is 4. The van der Waals surface area contributed by atoms with Crippen molar-refractivity contribution in [2.75, 3.05) is 26.4 Å². The Hall–Kier alpha value is -1.10. The first kappa shape index (κ1) is 12.0. The van der Waals surface area contributed by atoms with Crippen LogP contribution in [-0.2, 0) is 19.1 Å². The molecule has 0 aromatic carbocycles. The minimum absolute atomic E-state index is 0.0524. The van der Waals surface area contributed by atoms with Crippen LogP contribution in [0.5, 0.6) is 0 Å². The van der Waals surface area contributed by atoms with Crippen molar-refractivity contribution in [2.45, 2.75) is 19.8 Å². The summed E-state index contributed by atoms with van der Waals surface area (Å²) in [5.74, 6) is -0.640. The molecule has 1 unspecified atom stereocenters. The topological polar surface area (TPSA) is 64.6 Å². The maximum atomic E-state index is 11.5. The van der Waals surface area contributed by atoms with E-state index in [4.69, 9.17) is 9.47 Å². The van der Waals surface area contributed by atoms with E-state index in [0.29, 0.717) is 13.2 Å². The molecule has 0 spiro atoms. The molecule has 0 saturated carbocycles. The maximum absolute atomic E-state index is 11.5. The molecule has 1 fully saturated rings. The number of hydrogen-bond donors (Lipinski definition) is 1. The Morgan fingerprint density at radius 1 is 1.53 bits per heavy atom. The van der Waals surface area contributed by atoms with E-state index in [0.717, 1.165) is 19.4 Å². The molecule has 15 heavy (non-hydrogen) atoms. The van der Waals surface area contributed by atoms with Gasteiger partial charge in [0, 0.05) is 6.61 Å². The van der Waals surface area contributed by atoms with E-state index < -0.39 is 5.97 Å². The number of carbonyl (C=O) groups excluding carboxylic acids is 2. The van der Waals surface area contributed by atoms with E-state index in [2.05, 4.69) is 5.32 Å². The van der Waals surface area contributed by atoms with E-state index in [1.807, 2.05) is 0 Å². The second-order valence-electron chi connectivity index (χ2n) is 3.44. The third-order valence-corrected chi connectivity index (χ3v) is 2.24. The van der Waals surface area contributed by atoms with Crippen LogP contribution in [0, 0.1) is 5.92 Å². The standard InChI is InChI=1S/C10H17NO4/c1-2-15-9(12)6-11-10(13)8-4-3-5-14-7-8/h8H,2-7H2,1H3,(H,11,13). The Balaban J connectivity index is 2.19. The predicted molar refractivity (Wildman–Crippen MR) is 53.2 cm³/mol. The largest absolute Gasteiger partial charge is 0.465 e. The summed E-state index contributed by atoms with van der Waals surface area (Å²) in [7, 11) is 0. The van der Waals surface area contributed by atoms with Gasteiger partial charge in [-0.15, -0.1) is 0 Å². The van der Waals surface area contributed by atoms with Crippen molar-refractivity contribution in [2.24, 2.45) is 5.92 Å². The van der Waals surface area contributed by atoms with Crippen LogP contribution in [0.15, 0.2) is 0 Å². The van der Waals surface area contributed by atoms with Gasteiger partial charge in [-0.3, -0.25) is 9.59 Å². The van der Waals surface area contributed by atoms with Crippen molar-refractivity contribution < 1.29 is 19.1 Å². The normalized spacial score (nSPS) is 20.7. The summed E-state index contributed by atoms with van der Waals surface area (Å²) in [5, 5.41) is 2.54. The molecule has 0 aromatic rings. The van der Waals surface area contributed by atoms with Crippen molar-refractivity contribution in [3.8, 4) is 0 Å². The molecule has 0 bridgehead atoms. The Morgan fingerprint density at radius 3 is 2.93 bits per heavy atom. The summed E-state index contributed by atoms with van der Waals surface area (Å²) < 4.78 is 9.88. The molecule has 1 N–H and O–H groups in total. The minimum atomic E-state index is -0.400. The van der Waals surface area contributed by atoms with Gasteiger partial charge in [0.15, 0.2) is 0 Å². The smallest absolute Gasteiger partial charge is 0.325 e. The Kier molecular flexibility index (Phi) is 5.10. The molecule has 5 heteroatoms. The van der Waals surface area contributed by atoms with Gasteiger partial charge in [-0.1, -0.05) is 0 Å². The predicted octanol–water partition coefficient (Wildman–Crippen LogP) is 0.0923. The number of nitrogens with one attached hydrogen (secondary N) is 1. The van der Waals surface area contributed by atoms with Crippen LogP contribution in [0.1, 0.15) is 19.8 Å². The van der Waals surface area contributed by atoms with Crippen LogP contribution < -0.4 is 5.32 Å². The molecule has 1 aliphatic rings. The third-order valence-electron chi connectivity index (χ3n) is 2.24. The quantitative estimate of drug-likeness (QED) is 0.675. The number of esters is 1.